The van der Waals surface area contributed by atoms with Gasteiger partial charge in [0, 0.05) is 25.6 Å². The summed E-state index contributed by atoms with van der Waals surface area (Å²) >= 11 is 0. The van der Waals surface area contributed by atoms with Crippen molar-refractivity contribution < 1.29 is 14.1 Å². The number of benzene rings is 1. The van der Waals surface area contributed by atoms with Crippen molar-refractivity contribution in [2.45, 2.75) is 39.3 Å². The summed E-state index contributed by atoms with van der Waals surface area (Å²) < 4.78 is 7.20. The van der Waals surface area contributed by atoms with Crippen LogP contribution < -0.4 is 10.6 Å². The molecule has 3 heterocycles. The van der Waals surface area contributed by atoms with Gasteiger partial charge in [-0.3, -0.25) is 14.3 Å². The minimum atomic E-state index is -0.423. The van der Waals surface area contributed by atoms with E-state index in [1.54, 1.807) is 6.20 Å². The molecule has 0 saturated carbocycles. The van der Waals surface area contributed by atoms with Crippen molar-refractivity contribution in [3.8, 4) is 11.5 Å². The van der Waals surface area contributed by atoms with Crippen molar-refractivity contribution in [1.29, 1.82) is 0 Å². The van der Waals surface area contributed by atoms with Crippen LogP contribution in [-0.4, -0.2) is 38.3 Å². The van der Waals surface area contributed by atoms with Crippen molar-refractivity contribution in [1.82, 2.24) is 30.6 Å². The van der Waals surface area contributed by atoms with E-state index in [4.69, 9.17) is 4.52 Å². The lowest BCUT2D eigenvalue weighted by Crippen LogP contribution is -2.33. The Morgan fingerprint density at radius 2 is 2.10 bits per heavy atom. The minimum Gasteiger partial charge on any atom is -0.356 e. The Hall–Kier alpha value is -3.49. The number of nitrogens with one attached hydrogen (secondary N) is 2. The Morgan fingerprint density at radius 3 is 2.87 bits per heavy atom. The van der Waals surface area contributed by atoms with E-state index < -0.39 is 6.04 Å². The van der Waals surface area contributed by atoms with Crippen LogP contribution in [0.5, 0.6) is 0 Å². The first-order valence-corrected chi connectivity index (χ1v) is 10.00. The smallest absolute Gasteiger partial charge is 0.257 e. The van der Waals surface area contributed by atoms with E-state index in [2.05, 4.69) is 25.9 Å². The average molecular weight is 408 g/mol. The Balaban J connectivity index is 1.43. The first kappa shape index (κ1) is 19.8. The molecule has 4 rings (SSSR count). The fourth-order valence-electron chi connectivity index (χ4n) is 3.60. The molecule has 156 valence electrons. The third kappa shape index (κ3) is 4.24. The monoisotopic (exact) mass is 408 g/mol. The van der Waals surface area contributed by atoms with E-state index in [9.17, 15) is 9.59 Å². The first-order valence-electron chi connectivity index (χ1n) is 10.00. The number of fused-ring (bicyclic) bond motifs is 1. The van der Waals surface area contributed by atoms with Crippen molar-refractivity contribution >= 4 is 11.8 Å². The van der Waals surface area contributed by atoms with Crippen LogP contribution in [0.3, 0.4) is 0 Å². The Morgan fingerprint density at radius 1 is 1.30 bits per heavy atom. The molecule has 1 aliphatic rings. The summed E-state index contributed by atoms with van der Waals surface area (Å²) in [7, 11) is 0. The predicted octanol–water partition coefficient (Wildman–Crippen LogP) is 2.12. The van der Waals surface area contributed by atoms with Crippen LogP contribution in [0.4, 0.5) is 0 Å². The summed E-state index contributed by atoms with van der Waals surface area (Å²) in [6.45, 7) is 4.65. The lowest BCUT2D eigenvalue weighted by molar-refractivity contribution is -0.119. The first-order chi connectivity index (χ1) is 14.5. The topological polar surface area (TPSA) is 115 Å². The van der Waals surface area contributed by atoms with Crippen LogP contribution in [0, 0.1) is 5.92 Å². The van der Waals surface area contributed by atoms with E-state index in [0.717, 1.165) is 24.2 Å². The van der Waals surface area contributed by atoms with E-state index in [0.29, 0.717) is 30.2 Å². The van der Waals surface area contributed by atoms with Gasteiger partial charge in [-0.25, -0.2) is 0 Å². The molecular formula is C21H24N6O3. The molecule has 0 radical (unpaired) electrons. The highest BCUT2D eigenvalue weighted by Gasteiger charge is 2.27. The summed E-state index contributed by atoms with van der Waals surface area (Å²) in [4.78, 5) is 28.5. The Kier molecular flexibility index (Phi) is 5.60. The van der Waals surface area contributed by atoms with Gasteiger partial charge in [0.25, 0.3) is 11.8 Å². The number of aromatic nitrogens is 4. The standard InChI is InChI=1S/C21H24N6O3/c1-13(19-25-21(30-26-19)16-6-4-3-5-7-16)24-20(29)17-12-23-27-9-8-15(10-18(17)27)11-22-14(2)28/h3-7,12-13,15H,8-11H2,1-2H3,(H,22,28)(H,24,29)/t13-,15-/m0/s1. The highest BCUT2D eigenvalue weighted by Crippen LogP contribution is 2.24. The second-order valence-electron chi connectivity index (χ2n) is 7.54. The molecule has 2 amide bonds. The van der Waals surface area contributed by atoms with Gasteiger partial charge >= 0.3 is 0 Å². The molecule has 2 aromatic heterocycles. The van der Waals surface area contributed by atoms with Gasteiger partial charge in [0.2, 0.25) is 5.91 Å². The average Bonchev–Trinajstić information content (AvgIpc) is 3.40. The second kappa shape index (κ2) is 8.48. The number of nitrogens with zero attached hydrogens (tertiary/aromatic N) is 4. The summed E-state index contributed by atoms with van der Waals surface area (Å²) in [5.41, 5.74) is 2.26. The fraction of sp³-hybridized carbons (Fsp3) is 0.381. The van der Waals surface area contributed by atoms with Crippen LogP contribution in [-0.2, 0) is 17.8 Å². The van der Waals surface area contributed by atoms with Gasteiger partial charge in [-0.2, -0.15) is 10.1 Å². The third-order valence-electron chi connectivity index (χ3n) is 5.26. The second-order valence-corrected chi connectivity index (χ2v) is 7.54. The van der Waals surface area contributed by atoms with Gasteiger partial charge in [0.1, 0.15) is 0 Å². The van der Waals surface area contributed by atoms with Gasteiger partial charge in [0.15, 0.2) is 5.82 Å². The molecule has 0 fully saturated rings. The number of carbonyl (C=O) groups excluding carboxylic acids is 2. The van der Waals surface area contributed by atoms with Gasteiger partial charge in [0.05, 0.1) is 23.5 Å². The number of rotatable bonds is 6. The SMILES string of the molecule is CC(=O)NC[C@H]1CCn2ncc(C(=O)N[C@@H](C)c3noc(-c4ccccc4)n3)c2C1. The molecule has 9 nitrogen and oxygen atoms in total. The maximum Gasteiger partial charge on any atom is 0.257 e. The Labute approximate surface area is 173 Å². The largest absolute Gasteiger partial charge is 0.356 e. The summed E-state index contributed by atoms with van der Waals surface area (Å²) in [6.07, 6.45) is 3.21. The number of hydrogen-bond donors (Lipinski definition) is 2. The highest BCUT2D eigenvalue weighted by molar-refractivity contribution is 5.95. The molecule has 1 aromatic carbocycles. The lowest BCUT2D eigenvalue weighted by atomic mass is 9.94. The molecule has 3 aromatic rings. The zero-order valence-corrected chi connectivity index (χ0v) is 17.0. The van der Waals surface area contributed by atoms with E-state index in [1.165, 1.54) is 6.92 Å². The maximum absolute atomic E-state index is 12.9. The molecule has 0 unspecified atom stereocenters. The summed E-state index contributed by atoms with van der Waals surface area (Å²) in [5, 5.41) is 14.1. The van der Waals surface area contributed by atoms with E-state index in [1.807, 2.05) is 41.9 Å². The molecule has 0 saturated heterocycles. The lowest BCUT2D eigenvalue weighted by Gasteiger charge is -2.24. The number of amides is 2. The maximum atomic E-state index is 12.9. The van der Waals surface area contributed by atoms with Crippen LogP contribution in [0.25, 0.3) is 11.5 Å². The molecule has 2 atom stereocenters. The molecule has 30 heavy (non-hydrogen) atoms. The molecule has 1 aliphatic heterocycles. The summed E-state index contributed by atoms with van der Waals surface area (Å²) in [5.74, 6) is 0.834. The van der Waals surface area contributed by atoms with E-state index >= 15 is 0 Å². The molecule has 0 bridgehead atoms. The van der Waals surface area contributed by atoms with Gasteiger partial charge in [-0.05, 0) is 37.8 Å². The van der Waals surface area contributed by atoms with Gasteiger partial charge in [-0.15, -0.1) is 0 Å². The van der Waals surface area contributed by atoms with Crippen LogP contribution in [0.15, 0.2) is 41.1 Å². The normalized spacial score (nSPS) is 16.5. The molecule has 9 heteroatoms. The van der Waals surface area contributed by atoms with Crippen LogP contribution >= 0.6 is 0 Å². The van der Waals surface area contributed by atoms with Crippen molar-refractivity contribution in [3.05, 3.63) is 53.6 Å². The van der Waals surface area contributed by atoms with Crippen molar-refractivity contribution in [3.63, 3.8) is 0 Å². The minimum absolute atomic E-state index is 0.0455. The van der Waals surface area contributed by atoms with Gasteiger partial charge in [-0.1, -0.05) is 23.4 Å². The predicted molar refractivity (Wildman–Crippen MR) is 108 cm³/mol. The quantitative estimate of drug-likeness (QED) is 0.646. The number of aryl methyl sites for hydroxylation is 1. The number of hydrogen-bond acceptors (Lipinski definition) is 6. The van der Waals surface area contributed by atoms with E-state index in [-0.39, 0.29) is 17.7 Å². The number of carbonyl (C=O) groups is 2. The molecule has 2 N–H and O–H groups in total. The van der Waals surface area contributed by atoms with Crippen molar-refractivity contribution in [2.75, 3.05) is 6.54 Å². The molecule has 0 spiro atoms. The molecule has 0 aliphatic carbocycles. The third-order valence-corrected chi connectivity index (χ3v) is 5.26. The van der Waals surface area contributed by atoms with Crippen LogP contribution in [0.1, 0.15) is 48.2 Å². The zero-order chi connectivity index (χ0) is 21.1. The van der Waals surface area contributed by atoms with Crippen LogP contribution in [0.2, 0.25) is 0 Å². The Bertz CT molecular complexity index is 1040. The van der Waals surface area contributed by atoms with Gasteiger partial charge < -0.3 is 15.2 Å². The van der Waals surface area contributed by atoms with Crippen molar-refractivity contribution in [2.24, 2.45) is 5.92 Å². The molecular weight excluding hydrogens is 384 g/mol. The highest BCUT2D eigenvalue weighted by atomic mass is 16.5. The fourth-order valence-corrected chi connectivity index (χ4v) is 3.60. The zero-order valence-electron chi connectivity index (χ0n) is 17.0. The summed E-state index contributed by atoms with van der Waals surface area (Å²) in [6, 6.07) is 9.05.